The highest BCUT2D eigenvalue weighted by molar-refractivity contribution is 5.94. The number of nitrogens with zero attached hydrogens (tertiary/aromatic N) is 1. The van der Waals surface area contributed by atoms with Gasteiger partial charge in [-0.15, -0.1) is 0 Å². The first kappa shape index (κ1) is 20.1. The van der Waals surface area contributed by atoms with Crippen molar-refractivity contribution in [2.24, 2.45) is 4.99 Å². The van der Waals surface area contributed by atoms with Gasteiger partial charge in [0.2, 0.25) is 0 Å². The Morgan fingerprint density at radius 1 is 1.29 bits per heavy atom. The van der Waals surface area contributed by atoms with Crippen molar-refractivity contribution in [3.63, 3.8) is 0 Å². The number of guanidine groups is 1. The third-order valence-corrected chi connectivity index (χ3v) is 4.45. The summed E-state index contributed by atoms with van der Waals surface area (Å²) in [5.41, 5.74) is 0.876. The molecule has 152 valence electrons. The fourth-order valence-corrected chi connectivity index (χ4v) is 3.04. The van der Waals surface area contributed by atoms with Crippen molar-refractivity contribution in [1.82, 2.24) is 5.32 Å². The lowest BCUT2D eigenvalue weighted by Crippen LogP contribution is -2.33. The quantitative estimate of drug-likeness (QED) is 0.507. The van der Waals surface area contributed by atoms with Crippen molar-refractivity contribution in [2.75, 3.05) is 38.7 Å². The second-order valence-corrected chi connectivity index (χ2v) is 6.50. The summed E-state index contributed by atoms with van der Waals surface area (Å²) >= 11 is 0. The average Bonchev–Trinajstić information content (AvgIpc) is 3.41. The van der Waals surface area contributed by atoms with E-state index in [1.165, 1.54) is 0 Å². The van der Waals surface area contributed by atoms with Crippen molar-refractivity contribution in [2.45, 2.75) is 32.3 Å². The van der Waals surface area contributed by atoms with E-state index >= 15 is 0 Å². The van der Waals surface area contributed by atoms with E-state index in [4.69, 9.17) is 23.6 Å². The number of nitrogens with one attached hydrogen (secondary N) is 2. The molecule has 28 heavy (non-hydrogen) atoms. The first-order chi connectivity index (χ1) is 13.8. The number of furan rings is 1. The molecule has 1 unspecified atom stereocenters. The van der Waals surface area contributed by atoms with E-state index in [2.05, 4.69) is 10.6 Å². The second kappa shape index (κ2) is 10.6. The van der Waals surface area contributed by atoms with Gasteiger partial charge in [-0.25, -0.2) is 0 Å². The molecule has 1 aliphatic heterocycles. The van der Waals surface area contributed by atoms with Crippen molar-refractivity contribution in [3.8, 4) is 11.5 Å². The van der Waals surface area contributed by atoms with Gasteiger partial charge in [-0.1, -0.05) is 0 Å². The molecule has 2 N–H and O–H groups in total. The Morgan fingerprint density at radius 2 is 2.21 bits per heavy atom. The number of ether oxygens (including phenoxy) is 3. The van der Waals surface area contributed by atoms with E-state index in [9.17, 15) is 0 Å². The van der Waals surface area contributed by atoms with Gasteiger partial charge in [-0.3, -0.25) is 4.99 Å². The molecule has 0 spiro atoms. The lowest BCUT2D eigenvalue weighted by molar-refractivity contribution is 0.118. The molecule has 1 atom stereocenters. The molecule has 0 aliphatic carbocycles. The predicted molar refractivity (Wildman–Crippen MR) is 109 cm³/mol. The summed E-state index contributed by atoms with van der Waals surface area (Å²) in [5, 5.41) is 6.71. The van der Waals surface area contributed by atoms with E-state index in [0.717, 1.165) is 37.3 Å². The highest BCUT2D eigenvalue weighted by Gasteiger charge is 2.15. The minimum absolute atomic E-state index is 0.193. The number of hydrogen-bond acceptors (Lipinski definition) is 5. The topological polar surface area (TPSA) is 77.2 Å². The number of benzene rings is 1. The van der Waals surface area contributed by atoms with Crippen LogP contribution in [0.5, 0.6) is 11.5 Å². The molecule has 3 rings (SSSR count). The molecular formula is C21H29N3O4. The molecule has 0 bridgehead atoms. The van der Waals surface area contributed by atoms with Gasteiger partial charge in [0.15, 0.2) is 17.5 Å². The molecule has 1 saturated heterocycles. The molecule has 1 aromatic carbocycles. The summed E-state index contributed by atoms with van der Waals surface area (Å²) < 4.78 is 22.1. The SMILES string of the molecule is CCOc1cc(NC(=NCC2CCCO2)NCCc2ccco2)ccc1OC. The number of methoxy groups -OCH3 is 1. The first-order valence-corrected chi connectivity index (χ1v) is 9.78. The Morgan fingerprint density at radius 3 is 2.93 bits per heavy atom. The summed E-state index contributed by atoms with van der Waals surface area (Å²) in [7, 11) is 1.63. The zero-order chi connectivity index (χ0) is 19.6. The predicted octanol–water partition coefficient (Wildman–Crippen LogP) is 3.47. The Kier molecular flexibility index (Phi) is 7.61. The Labute approximate surface area is 166 Å². The molecule has 2 aromatic rings. The number of rotatable bonds is 9. The van der Waals surface area contributed by atoms with Crippen molar-refractivity contribution in [1.29, 1.82) is 0 Å². The minimum atomic E-state index is 0.193. The minimum Gasteiger partial charge on any atom is -0.493 e. The van der Waals surface area contributed by atoms with Crippen LogP contribution in [0.2, 0.25) is 0 Å². The normalized spacial score (nSPS) is 16.8. The zero-order valence-electron chi connectivity index (χ0n) is 16.6. The molecule has 2 heterocycles. The molecule has 0 amide bonds. The zero-order valence-corrected chi connectivity index (χ0v) is 16.6. The maximum atomic E-state index is 5.68. The molecule has 1 aliphatic rings. The monoisotopic (exact) mass is 387 g/mol. The fraction of sp³-hybridized carbons (Fsp3) is 0.476. The Bertz CT molecular complexity index is 740. The maximum Gasteiger partial charge on any atom is 0.195 e. The Balaban J connectivity index is 1.66. The summed E-state index contributed by atoms with van der Waals surface area (Å²) in [5.74, 6) is 3.05. The number of aliphatic imine (C=N–C) groups is 1. The summed E-state index contributed by atoms with van der Waals surface area (Å²) in [6.07, 6.45) is 4.82. The first-order valence-electron chi connectivity index (χ1n) is 9.78. The van der Waals surface area contributed by atoms with E-state index in [1.807, 2.05) is 37.3 Å². The van der Waals surface area contributed by atoms with Crippen LogP contribution >= 0.6 is 0 Å². The average molecular weight is 387 g/mol. The van der Waals surface area contributed by atoms with Gasteiger partial charge in [-0.05, 0) is 44.0 Å². The number of hydrogen-bond donors (Lipinski definition) is 2. The van der Waals surface area contributed by atoms with E-state index in [0.29, 0.717) is 37.2 Å². The summed E-state index contributed by atoms with van der Waals surface area (Å²) in [6.45, 7) is 4.68. The van der Waals surface area contributed by atoms with Gasteiger partial charge in [-0.2, -0.15) is 0 Å². The molecule has 0 radical (unpaired) electrons. The third-order valence-electron chi connectivity index (χ3n) is 4.45. The third kappa shape index (κ3) is 5.92. The van der Waals surface area contributed by atoms with E-state index in [1.54, 1.807) is 13.4 Å². The second-order valence-electron chi connectivity index (χ2n) is 6.50. The highest BCUT2D eigenvalue weighted by Crippen LogP contribution is 2.30. The fourth-order valence-electron chi connectivity index (χ4n) is 3.04. The van der Waals surface area contributed by atoms with Crippen LogP contribution in [0.25, 0.3) is 0 Å². The van der Waals surface area contributed by atoms with Gasteiger partial charge < -0.3 is 29.3 Å². The van der Waals surface area contributed by atoms with E-state index < -0.39 is 0 Å². The largest absolute Gasteiger partial charge is 0.493 e. The van der Waals surface area contributed by atoms with Crippen LogP contribution in [-0.4, -0.2) is 45.5 Å². The molecule has 0 saturated carbocycles. The molecule has 1 aromatic heterocycles. The molecule has 7 heteroatoms. The van der Waals surface area contributed by atoms with Crippen LogP contribution < -0.4 is 20.1 Å². The molecular weight excluding hydrogens is 358 g/mol. The van der Waals surface area contributed by atoms with Gasteiger partial charge in [0, 0.05) is 31.3 Å². The van der Waals surface area contributed by atoms with Crippen LogP contribution in [0.15, 0.2) is 46.0 Å². The van der Waals surface area contributed by atoms with Gasteiger partial charge in [0.25, 0.3) is 0 Å². The standard InChI is InChI=1S/C21H29N3O4/c1-3-26-20-14-16(8-9-19(20)25-2)24-21(23-15-18-7-5-13-28-18)22-11-10-17-6-4-12-27-17/h4,6,8-9,12,14,18H,3,5,7,10-11,13,15H2,1-2H3,(H2,22,23,24). The summed E-state index contributed by atoms with van der Waals surface area (Å²) in [4.78, 5) is 4.70. The van der Waals surface area contributed by atoms with E-state index in [-0.39, 0.29) is 6.10 Å². The van der Waals surface area contributed by atoms with Crippen LogP contribution in [-0.2, 0) is 11.2 Å². The van der Waals surface area contributed by atoms with Crippen molar-refractivity contribution in [3.05, 3.63) is 42.4 Å². The van der Waals surface area contributed by atoms with Gasteiger partial charge in [0.1, 0.15) is 5.76 Å². The Hall–Kier alpha value is -2.67. The summed E-state index contributed by atoms with van der Waals surface area (Å²) in [6, 6.07) is 9.60. The van der Waals surface area contributed by atoms with Gasteiger partial charge >= 0.3 is 0 Å². The van der Waals surface area contributed by atoms with Crippen molar-refractivity contribution >= 4 is 11.6 Å². The molecule has 1 fully saturated rings. The van der Waals surface area contributed by atoms with Crippen LogP contribution in [0.3, 0.4) is 0 Å². The van der Waals surface area contributed by atoms with Crippen LogP contribution in [0, 0.1) is 0 Å². The maximum absolute atomic E-state index is 5.68. The van der Waals surface area contributed by atoms with Crippen LogP contribution in [0.1, 0.15) is 25.5 Å². The van der Waals surface area contributed by atoms with Crippen molar-refractivity contribution < 1.29 is 18.6 Å². The highest BCUT2D eigenvalue weighted by atomic mass is 16.5. The smallest absolute Gasteiger partial charge is 0.195 e. The number of anilines is 1. The van der Waals surface area contributed by atoms with Gasteiger partial charge in [0.05, 0.1) is 32.6 Å². The lowest BCUT2D eigenvalue weighted by atomic mass is 10.2. The van der Waals surface area contributed by atoms with Crippen LogP contribution in [0.4, 0.5) is 5.69 Å². The molecule has 7 nitrogen and oxygen atoms in total. The lowest BCUT2D eigenvalue weighted by Gasteiger charge is -2.16.